The highest BCUT2D eigenvalue weighted by atomic mass is 16.3. The summed E-state index contributed by atoms with van der Waals surface area (Å²) in [4.78, 5) is 2.62. The zero-order chi connectivity index (χ0) is 13.6. The molecular weight excluding hydrogens is 224 g/mol. The first-order chi connectivity index (χ1) is 8.56. The molecule has 18 heavy (non-hydrogen) atoms. The van der Waals surface area contributed by atoms with Crippen LogP contribution in [0.25, 0.3) is 0 Å². The Morgan fingerprint density at radius 3 is 2.61 bits per heavy atom. The first-order valence-electron chi connectivity index (χ1n) is 7.60. The number of likely N-dealkylation sites (tertiary alicyclic amines) is 1. The molecule has 0 aromatic carbocycles. The van der Waals surface area contributed by atoms with Gasteiger partial charge >= 0.3 is 0 Å². The third-order valence-electron chi connectivity index (χ3n) is 4.89. The van der Waals surface area contributed by atoms with Gasteiger partial charge in [0.15, 0.2) is 0 Å². The van der Waals surface area contributed by atoms with Crippen LogP contribution >= 0.6 is 0 Å². The SMILES string of the molecule is CCC(CO)(CCCN1CCC(C)CC1C)NC. The molecule has 1 aliphatic rings. The molecule has 108 valence electrons. The minimum absolute atomic E-state index is 0.0632. The fourth-order valence-corrected chi connectivity index (χ4v) is 3.16. The molecule has 1 saturated heterocycles. The second-order valence-corrected chi connectivity index (χ2v) is 6.16. The molecule has 1 rings (SSSR count). The lowest BCUT2D eigenvalue weighted by molar-refractivity contribution is 0.111. The summed E-state index contributed by atoms with van der Waals surface area (Å²) in [7, 11) is 1.96. The third kappa shape index (κ3) is 4.22. The van der Waals surface area contributed by atoms with Crippen LogP contribution in [0, 0.1) is 5.92 Å². The molecule has 3 heteroatoms. The Kier molecular flexibility index (Phi) is 6.61. The van der Waals surface area contributed by atoms with E-state index >= 15 is 0 Å². The van der Waals surface area contributed by atoms with E-state index < -0.39 is 0 Å². The number of hydrogen-bond donors (Lipinski definition) is 2. The van der Waals surface area contributed by atoms with Gasteiger partial charge in [0.1, 0.15) is 0 Å². The van der Waals surface area contributed by atoms with Gasteiger partial charge in [-0.25, -0.2) is 0 Å². The standard InChI is InChI=1S/C15H32N2O/c1-5-15(12-18,16-4)8-6-9-17-10-7-13(2)11-14(17)3/h13-14,16,18H,5-12H2,1-4H3. The Morgan fingerprint density at radius 2 is 2.11 bits per heavy atom. The quantitative estimate of drug-likeness (QED) is 0.733. The van der Waals surface area contributed by atoms with Crippen molar-refractivity contribution in [2.24, 2.45) is 5.92 Å². The molecule has 0 aromatic heterocycles. The van der Waals surface area contributed by atoms with Gasteiger partial charge in [0.25, 0.3) is 0 Å². The summed E-state index contributed by atoms with van der Waals surface area (Å²) < 4.78 is 0. The number of hydrogen-bond acceptors (Lipinski definition) is 3. The van der Waals surface area contributed by atoms with Gasteiger partial charge in [0, 0.05) is 11.6 Å². The Morgan fingerprint density at radius 1 is 1.39 bits per heavy atom. The molecule has 1 heterocycles. The van der Waals surface area contributed by atoms with Gasteiger partial charge in [-0.05, 0) is 65.1 Å². The molecule has 0 bridgehead atoms. The molecule has 0 aliphatic carbocycles. The topological polar surface area (TPSA) is 35.5 Å². The molecule has 0 aromatic rings. The van der Waals surface area contributed by atoms with E-state index in [9.17, 15) is 5.11 Å². The summed E-state index contributed by atoms with van der Waals surface area (Å²) in [6, 6.07) is 0.730. The lowest BCUT2D eigenvalue weighted by Crippen LogP contribution is -2.47. The van der Waals surface area contributed by atoms with E-state index in [1.807, 2.05) is 7.05 Å². The van der Waals surface area contributed by atoms with E-state index in [0.717, 1.165) is 24.8 Å². The predicted octanol–water partition coefficient (Wildman–Crippen LogP) is 2.25. The van der Waals surface area contributed by atoms with Gasteiger partial charge in [-0.1, -0.05) is 13.8 Å². The van der Waals surface area contributed by atoms with Gasteiger partial charge in [0.2, 0.25) is 0 Å². The van der Waals surface area contributed by atoms with Crippen molar-refractivity contribution in [3.8, 4) is 0 Å². The first kappa shape index (κ1) is 15.9. The Bertz CT molecular complexity index is 220. The summed E-state index contributed by atoms with van der Waals surface area (Å²) in [6.07, 6.45) is 5.91. The van der Waals surface area contributed by atoms with Crippen molar-refractivity contribution in [1.82, 2.24) is 10.2 Å². The van der Waals surface area contributed by atoms with E-state index in [-0.39, 0.29) is 12.1 Å². The van der Waals surface area contributed by atoms with Gasteiger partial charge < -0.3 is 15.3 Å². The number of aliphatic hydroxyl groups excluding tert-OH is 1. The molecule has 3 atom stereocenters. The van der Waals surface area contributed by atoms with Crippen LogP contribution < -0.4 is 5.32 Å². The first-order valence-corrected chi connectivity index (χ1v) is 7.60. The zero-order valence-electron chi connectivity index (χ0n) is 12.7. The lowest BCUT2D eigenvalue weighted by Gasteiger charge is -2.37. The second kappa shape index (κ2) is 7.46. The van der Waals surface area contributed by atoms with Crippen LogP contribution in [0.1, 0.15) is 52.9 Å². The lowest BCUT2D eigenvalue weighted by atomic mass is 9.90. The smallest absolute Gasteiger partial charge is 0.0613 e. The number of nitrogens with zero attached hydrogens (tertiary/aromatic N) is 1. The number of piperidine rings is 1. The fourth-order valence-electron chi connectivity index (χ4n) is 3.16. The number of likely N-dealkylation sites (N-methyl/N-ethyl adjacent to an activating group) is 1. The monoisotopic (exact) mass is 256 g/mol. The molecular formula is C15H32N2O. The van der Waals surface area contributed by atoms with Crippen molar-refractivity contribution in [2.75, 3.05) is 26.7 Å². The van der Waals surface area contributed by atoms with Gasteiger partial charge in [0.05, 0.1) is 6.61 Å². The Labute approximate surface area is 113 Å². The summed E-state index contributed by atoms with van der Waals surface area (Å²) >= 11 is 0. The van der Waals surface area contributed by atoms with Crippen molar-refractivity contribution in [3.05, 3.63) is 0 Å². The maximum Gasteiger partial charge on any atom is 0.0613 e. The Balaban J connectivity index is 2.32. The maximum absolute atomic E-state index is 9.52. The molecule has 3 nitrogen and oxygen atoms in total. The Hall–Kier alpha value is -0.120. The van der Waals surface area contributed by atoms with Crippen molar-refractivity contribution >= 4 is 0 Å². The van der Waals surface area contributed by atoms with E-state index in [1.54, 1.807) is 0 Å². The molecule has 1 aliphatic heterocycles. The molecule has 0 saturated carbocycles. The van der Waals surface area contributed by atoms with Crippen molar-refractivity contribution < 1.29 is 5.11 Å². The van der Waals surface area contributed by atoms with Crippen LogP contribution in [0.4, 0.5) is 0 Å². The molecule has 0 amide bonds. The van der Waals surface area contributed by atoms with E-state index in [4.69, 9.17) is 0 Å². The molecule has 1 fully saturated rings. The molecule has 3 unspecified atom stereocenters. The largest absolute Gasteiger partial charge is 0.394 e. The van der Waals surface area contributed by atoms with Crippen LogP contribution in [-0.4, -0.2) is 48.3 Å². The van der Waals surface area contributed by atoms with Crippen LogP contribution in [0.15, 0.2) is 0 Å². The minimum atomic E-state index is -0.0632. The van der Waals surface area contributed by atoms with Crippen LogP contribution in [-0.2, 0) is 0 Å². The number of rotatable bonds is 7. The minimum Gasteiger partial charge on any atom is -0.394 e. The normalized spacial score (nSPS) is 29.2. The van der Waals surface area contributed by atoms with Crippen LogP contribution in [0.5, 0.6) is 0 Å². The number of aliphatic hydroxyl groups is 1. The highest BCUT2D eigenvalue weighted by molar-refractivity contribution is 4.85. The average Bonchev–Trinajstić information content (AvgIpc) is 2.38. The second-order valence-electron chi connectivity index (χ2n) is 6.16. The number of nitrogens with one attached hydrogen (secondary N) is 1. The summed E-state index contributed by atoms with van der Waals surface area (Å²) in [6.45, 7) is 9.54. The van der Waals surface area contributed by atoms with E-state index in [0.29, 0.717) is 0 Å². The van der Waals surface area contributed by atoms with Crippen molar-refractivity contribution in [3.63, 3.8) is 0 Å². The molecule has 0 spiro atoms. The molecule has 0 radical (unpaired) electrons. The highest BCUT2D eigenvalue weighted by Crippen LogP contribution is 2.23. The zero-order valence-corrected chi connectivity index (χ0v) is 12.7. The van der Waals surface area contributed by atoms with Gasteiger partial charge in [-0.15, -0.1) is 0 Å². The van der Waals surface area contributed by atoms with Crippen LogP contribution in [0.3, 0.4) is 0 Å². The summed E-state index contributed by atoms with van der Waals surface area (Å²) in [5.74, 6) is 0.890. The molecule has 2 N–H and O–H groups in total. The highest BCUT2D eigenvalue weighted by Gasteiger charge is 2.26. The maximum atomic E-state index is 9.52. The van der Waals surface area contributed by atoms with E-state index in [2.05, 4.69) is 31.0 Å². The van der Waals surface area contributed by atoms with Crippen molar-refractivity contribution in [1.29, 1.82) is 0 Å². The van der Waals surface area contributed by atoms with Gasteiger partial charge in [-0.2, -0.15) is 0 Å². The fraction of sp³-hybridized carbons (Fsp3) is 1.00. The third-order valence-corrected chi connectivity index (χ3v) is 4.89. The van der Waals surface area contributed by atoms with Gasteiger partial charge in [-0.3, -0.25) is 0 Å². The summed E-state index contributed by atoms with van der Waals surface area (Å²) in [5.41, 5.74) is -0.0632. The van der Waals surface area contributed by atoms with E-state index in [1.165, 1.54) is 32.4 Å². The van der Waals surface area contributed by atoms with Crippen molar-refractivity contribution in [2.45, 2.75) is 64.5 Å². The van der Waals surface area contributed by atoms with Crippen LogP contribution in [0.2, 0.25) is 0 Å². The predicted molar refractivity (Wildman–Crippen MR) is 77.8 cm³/mol. The summed E-state index contributed by atoms with van der Waals surface area (Å²) in [5, 5.41) is 12.8. The average molecular weight is 256 g/mol.